The summed E-state index contributed by atoms with van der Waals surface area (Å²) in [6.07, 6.45) is 59.6. The molecule has 0 amide bonds. The summed E-state index contributed by atoms with van der Waals surface area (Å²) in [5, 5.41) is 0. The number of phosphoric acid groups is 1. The van der Waals surface area contributed by atoms with Gasteiger partial charge in [0.15, 0.2) is 6.10 Å². The summed E-state index contributed by atoms with van der Waals surface area (Å²) in [5.41, 5.74) is 0. The van der Waals surface area contributed by atoms with Gasteiger partial charge in [0, 0.05) is 12.8 Å². The van der Waals surface area contributed by atoms with Gasteiger partial charge >= 0.3 is 19.8 Å². The molecular weight excluding hydrogens is 870 g/mol. The van der Waals surface area contributed by atoms with Gasteiger partial charge in [-0.05, 0) is 44.9 Å². The van der Waals surface area contributed by atoms with Crippen molar-refractivity contribution in [2.24, 2.45) is 0 Å². The van der Waals surface area contributed by atoms with Crippen LogP contribution in [0.4, 0.5) is 0 Å². The molecule has 0 aliphatic carbocycles. The lowest BCUT2D eigenvalue weighted by atomic mass is 10.0. The topological polar surface area (TPSA) is 108 Å². The van der Waals surface area contributed by atoms with Gasteiger partial charge in [0.1, 0.15) is 19.8 Å². The molecule has 0 heterocycles. The maximum Gasteiger partial charge on any atom is 0.472 e. The number of nitrogens with zero attached hydrogens (tertiary/aromatic N) is 1. The van der Waals surface area contributed by atoms with Gasteiger partial charge in [0.05, 0.1) is 27.7 Å². The third kappa shape index (κ3) is 53.8. The molecule has 402 valence electrons. The van der Waals surface area contributed by atoms with Crippen LogP contribution in [0.1, 0.15) is 284 Å². The van der Waals surface area contributed by atoms with E-state index in [0.717, 1.165) is 38.5 Å². The van der Waals surface area contributed by atoms with Crippen molar-refractivity contribution in [2.45, 2.75) is 290 Å². The Morgan fingerprint density at radius 3 is 1.16 bits per heavy atom. The molecule has 68 heavy (non-hydrogen) atoms. The molecule has 2 unspecified atom stereocenters. The van der Waals surface area contributed by atoms with E-state index in [9.17, 15) is 19.0 Å². The first kappa shape index (κ1) is 66.5. The Kier molecular flexibility index (Phi) is 49.3. The second-order valence-electron chi connectivity index (χ2n) is 21.0. The molecule has 0 spiro atoms. The number of hydrogen-bond acceptors (Lipinski definition) is 7. The largest absolute Gasteiger partial charge is 0.472 e. The van der Waals surface area contributed by atoms with Crippen molar-refractivity contribution in [3.8, 4) is 0 Å². The lowest BCUT2D eigenvalue weighted by Gasteiger charge is -2.24. The van der Waals surface area contributed by atoms with Crippen molar-refractivity contribution in [1.82, 2.24) is 0 Å². The predicted molar refractivity (Wildman–Crippen MR) is 289 cm³/mol. The van der Waals surface area contributed by atoms with E-state index in [4.69, 9.17) is 18.5 Å². The zero-order chi connectivity index (χ0) is 49.9. The highest BCUT2D eigenvalue weighted by atomic mass is 31.2. The molecule has 0 bridgehead atoms. The zero-order valence-electron chi connectivity index (χ0n) is 45.6. The highest BCUT2D eigenvalue weighted by Gasteiger charge is 2.27. The van der Waals surface area contributed by atoms with Gasteiger partial charge in [-0.2, -0.15) is 0 Å². The normalized spacial score (nSPS) is 13.4. The third-order valence-electron chi connectivity index (χ3n) is 13.0. The molecule has 9 nitrogen and oxygen atoms in total. The predicted octanol–water partition coefficient (Wildman–Crippen LogP) is 17.8. The number of unbranched alkanes of at least 4 members (excludes halogenated alkanes) is 36. The second kappa shape index (κ2) is 50.4. The minimum Gasteiger partial charge on any atom is -0.462 e. The van der Waals surface area contributed by atoms with Gasteiger partial charge in [-0.1, -0.05) is 250 Å². The third-order valence-corrected chi connectivity index (χ3v) is 14.0. The fraction of sp³-hybridized carbons (Fsp3) is 0.897. The fourth-order valence-corrected chi connectivity index (χ4v) is 9.20. The number of likely N-dealkylation sites (N-methyl/N-ethyl adjacent to an activating group) is 1. The van der Waals surface area contributed by atoms with Crippen LogP contribution in [-0.2, 0) is 32.7 Å². The summed E-state index contributed by atoms with van der Waals surface area (Å²) in [6, 6.07) is 0. The number of rotatable bonds is 54. The Balaban J connectivity index is 4.10. The molecule has 0 aromatic heterocycles. The van der Waals surface area contributed by atoms with Crippen molar-refractivity contribution >= 4 is 19.8 Å². The van der Waals surface area contributed by atoms with Crippen LogP contribution in [0.3, 0.4) is 0 Å². The molecule has 0 aliphatic rings. The lowest BCUT2D eigenvalue weighted by molar-refractivity contribution is -0.870. The molecule has 0 saturated carbocycles. The minimum atomic E-state index is -4.38. The van der Waals surface area contributed by atoms with Gasteiger partial charge in [-0.15, -0.1) is 0 Å². The number of ether oxygens (including phenoxy) is 2. The maximum atomic E-state index is 12.8. The Bertz CT molecular complexity index is 1200. The monoisotopic (exact) mass is 983 g/mol. The molecule has 0 saturated heterocycles. The molecule has 0 aromatic carbocycles. The first-order chi connectivity index (χ1) is 33.0. The van der Waals surface area contributed by atoms with E-state index in [1.54, 1.807) is 0 Å². The van der Waals surface area contributed by atoms with Crippen molar-refractivity contribution < 1.29 is 42.1 Å². The van der Waals surface area contributed by atoms with Crippen molar-refractivity contribution in [2.75, 3.05) is 47.5 Å². The van der Waals surface area contributed by atoms with E-state index >= 15 is 0 Å². The molecule has 0 fully saturated rings. The first-order valence-electron chi connectivity index (χ1n) is 29.1. The Morgan fingerprint density at radius 2 is 0.794 bits per heavy atom. The Hall–Kier alpha value is -1.51. The number of carbonyl (C=O) groups is 2. The second-order valence-corrected chi connectivity index (χ2v) is 22.5. The number of hydrogen-bond donors (Lipinski definition) is 1. The summed E-state index contributed by atoms with van der Waals surface area (Å²) < 4.78 is 34.6. The van der Waals surface area contributed by atoms with E-state index in [1.165, 1.54) is 212 Å². The van der Waals surface area contributed by atoms with Crippen LogP contribution in [0, 0.1) is 0 Å². The maximum absolute atomic E-state index is 12.8. The van der Waals surface area contributed by atoms with Crippen molar-refractivity contribution in [1.29, 1.82) is 0 Å². The summed E-state index contributed by atoms with van der Waals surface area (Å²) in [7, 11) is 1.49. The molecule has 0 rings (SSSR count). The van der Waals surface area contributed by atoms with E-state index in [2.05, 4.69) is 38.2 Å². The van der Waals surface area contributed by atoms with Crippen LogP contribution >= 0.6 is 7.82 Å². The molecule has 0 aromatic rings. The number of carbonyl (C=O) groups excluding carboxylic acids is 2. The van der Waals surface area contributed by atoms with Crippen LogP contribution in [-0.4, -0.2) is 74.9 Å². The molecule has 1 N–H and O–H groups in total. The zero-order valence-corrected chi connectivity index (χ0v) is 46.5. The van der Waals surface area contributed by atoms with E-state index in [1.807, 2.05) is 21.1 Å². The van der Waals surface area contributed by atoms with Crippen molar-refractivity contribution in [3.05, 3.63) is 24.3 Å². The summed E-state index contributed by atoms with van der Waals surface area (Å²) >= 11 is 0. The van der Waals surface area contributed by atoms with Crippen LogP contribution in [0.2, 0.25) is 0 Å². The van der Waals surface area contributed by atoms with Crippen LogP contribution in [0.25, 0.3) is 0 Å². The number of esters is 2. The smallest absolute Gasteiger partial charge is 0.462 e. The average molecular weight is 984 g/mol. The van der Waals surface area contributed by atoms with Crippen LogP contribution < -0.4 is 0 Å². The van der Waals surface area contributed by atoms with Crippen LogP contribution in [0.15, 0.2) is 24.3 Å². The van der Waals surface area contributed by atoms with E-state index in [0.29, 0.717) is 23.9 Å². The Morgan fingerprint density at radius 1 is 0.456 bits per heavy atom. The quantitative estimate of drug-likeness (QED) is 0.0211. The number of allylic oxidation sites excluding steroid dienone is 4. The molecular formula is C58H113NO8P+. The molecule has 0 radical (unpaired) electrons. The Labute approximate surface area is 421 Å². The van der Waals surface area contributed by atoms with Gasteiger partial charge in [-0.25, -0.2) is 4.57 Å². The fourth-order valence-electron chi connectivity index (χ4n) is 8.46. The highest BCUT2D eigenvalue weighted by Crippen LogP contribution is 2.43. The lowest BCUT2D eigenvalue weighted by Crippen LogP contribution is -2.37. The molecule has 2 atom stereocenters. The van der Waals surface area contributed by atoms with Gasteiger partial charge in [-0.3, -0.25) is 18.6 Å². The number of quaternary nitrogens is 1. The van der Waals surface area contributed by atoms with Crippen LogP contribution in [0.5, 0.6) is 0 Å². The van der Waals surface area contributed by atoms with E-state index in [-0.39, 0.29) is 25.6 Å². The average Bonchev–Trinajstić information content (AvgIpc) is 3.30. The number of phosphoric ester groups is 1. The highest BCUT2D eigenvalue weighted by molar-refractivity contribution is 7.47. The van der Waals surface area contributed by atoms with Gasteiger partial charge in [0.25, 0.3) is 0 Å². The molecule has 10 heteroatoms. The summed E-state index contributed by atoms with van der Waals surface area (Å²) in [6.45, 7) is 4.47. The summed E-state index contributed by atoms with van der Waals surface area (Å²) in [4.78, 5) is 35.7. The van der Waals surface area contributed by atoms with Crippen molar-refractivity contribution in [3.63, 3.8) is 0 Å². The summed E-state index contributed by atoms with van der Waals surface area (Å²) in [5.74, 6) is -0.781. The first-order valence-corrected chi connectivity index (χ1v) is 30.6. The minimum absolute atomic E-state index is 0.0348. The standard InChI is InChI=1S/C58H112NO8P/c1-6-8-10-12-14-16-18-20-22-24-25-26-27-28-29-30-31-32-33-35-37-39-41-43-45-47-49-51-58(61)67-56(55-66-68(62,63)65-53-52-59(3,4)5)54-64-57(60)50-48-46-44-42-40-38-36-34-23-21-19-17-15-13-11-9-7-2/h18,20,24-25,56H,6-17,19,21-23,26-55H2,1-5H3/p+1/b20-18-,25-24-. The molecule has 0 aliphatic heterocycles. The van der Waals surface area contributed by atoms with E-state index < -0.39 is 26.5 Å². The SMILES string of the molecule is CCCCCCC/C=C\C/C=C\CCCCCCCCCCCCCCCCCC(=O)OC(COC(=O)CCCCCCCCCCCCCCCCCCC)COP(=O)(O)OCC[N+](C)(C)C. The van der Waals surface area contributed by atoms with Gasteiger partial charge in [0.2, 0.25) is 0 Å². The van der Waals surface area contributed by atoms with Gasteiger partial charge < -0.3 is 18.9 Å².